The average Bonchev–Trinajstić information content (AvgIpc) is 3.25. The number of amides is 1. The number of ether oxygens (including phenoxy) is 1. The second-order valence-electron chi connectivity index (χ2n) is 7.87. The predicted octanol–water partition coefficient (Wildman–Crippen LogP) is 4.02. The van der Waals surface area contributed by atoms with Crippen molar-refractivity contribution in [3.8, 4) is 5.88 Å². The fourth-order valence-corrected chi connectivity index (χ4v) is 4.26. The lowest BCUT2D eigenvalue weighted by Crippen LogP contribution is -2.31. The summed E-state index contributed by atoms with van der Waals surface area (Å²) in [4.78, 5) is 23.8. The van der Waals surface area contributed by atoms with Crippen molar-refractivity contribution in [2.75, 3.05) is 37.9 Å². The topological polar surface area (TPSA) is 97.2 Å². The van der Waals surface area contributed by atoms with E-state index in [1.807, 2.05) is 36.0 Å². The van der Waals surface area contributed by atoms with Crippen molar-refractivity contribution in [3.05, 3.63) is 52.4 Å². The Morgan fingerprint density at radius 2 is 2.03 bits per heavy atom. The number of nitrogens with zero attached hydrogens (tertiary/aromatic N) is 5. The molecule has 3 heterocycles. The summed E-state index contributed by atoms with van der Waals surface area (Å²) < 4.78 is 8.16. The first-order chi connectivity index (χ1) is 15.4. The van der Waals surface area contributed by atoms with Gasteiger partial charge in [-0.05, 0) is 67.5 Å². The number of aromatic nitrogens is 4. The van der Waals surface area contributed by atoms with Gasteiger partial charge >= 0.3 is 0 Å². The predicted molar refractivity (Wildman–Crippen MR) is 127 cm³/mol. The van der Waals surface area contributed by atoms with Crippen LogP contribution >= 0.6 is 15.9 Å². The van der Waals surface area contributed by atoms with E-state index in [0.29, 0.717) is 17.7 Å². The molecular formula is C22H26BrN7O2. The summed E-state index contributed by atoms with van der Waals surface area (Å²) in [7, 11) is 3.62. The molecule has 0 aliphatic carbocycles. The van der Waals surface area contributed by atoms with Gasteiger partial charge in [0, 0.05) is 16.9 Å². The Kier molecular flexibility index (Phi) is 6.71. The molecule has 0 spiro atoms. The van der Waals surface area contributed by atoms with Crippen LogP contribution in [0, 0.1) is 6.92 Å². The minimum absolute atomic E-state index is 0.187. The number of hydrogen-bond acceptors (Lipinski definition) is 7. The second-order valence-corrected chi connectivity index (χ2v) is 8.73. The quantitative estimate of drug-likeness (QED) is 0.528. The van der Waals surface area contributed by atoms with Crippen LogP contribution in [-0.4, -0.2) is 57.8 Å². The van der Waals surface area contributed by atoms with Crippen LogP contribution < -0.4 is 15.4 Å². The first kappa shape index (κ1) is 22.2. The minimum atomic E-state index is -0.349. The van der Waals surface area contributed by atoms with Crippen LogP contribution in [0.4, 0.5) is 17.3 Å². The van der Waals surface area contributed by atoms with Gasteiger partial charge < -0.3 is 20.3 Å². The number of likely N-dealkylation sites (tertiary alicyclic amines) is 1. The molecule has 1 aliphatic rings. The largest absolute Gasteiger partial charge is 0.480 e. The Balaban J connectivity index is 1.47. The highest BCUT2D eigenvalue weighted by Gasteiger charge is 2.20. The Bertz CT molecular complexity index is 1090. The molecule has 0 saturated carbocycles. The molecule has 1 aromatic carbocycles. The zero-order chi connectivity index (χ0) is 22.7. The molecule has 2 aromatic heterocycles. The van der Waals surface area contributed by atoms with E-state index >= 15 is 0 Å². The standard InChI is InChI=1S/C22H26BrN7O2/c1-14-5-4-6-18(23)19(14)27-20(31)17-12-24-22(28-21(17)32-3)26-15-11-25-30(13-15)16-7-9-29(2)10-8-16/h4-6,11-13,16H,7-10H2,1-3H3,(H,27,31)(H,24,26,28). The highest BCUT2D eigenvalue weighted by atomic mass is 79.9. The number of rotatable bonds is 6. The molecule has 2 N–H and O–H groups in total. The van der Waals surface area contributed by atoms with Crippen LogP contribution in [0.15, 0.2) is 41.3 Å². The van der Waals surface area contributed by atoms with Gasteiger partial charge in [0.1, 0.15) is 5.56 Å². The lowest BCUT2D eigenvalue weighted by atomic mass is 10.1. The summed E-state index contributed by atoms with van der Waals surface area (Å²) in [6.45, 7) is 4.05. The number of halogens is 1. The Labute approximate surface area is 195 Å². The van der Waals surface area contributed by atoms with Crippen molar-refractivity contribution in [1.82, 2.24) is 24.6 Å². The van der Waals surface area contributed by atoms with Crippen molar-refractivity contribution in [2.24, 2.45) is 0 Å². The average molecular weight is 500 g/mol. The van der Waals surface area contributed by atoms with Gasteiger partial charge in [0.05, 0.1) is 30.7 Å². The molecular weight excluding hydrogens is 474 g/mol. The molecule has 1 aliphatic heterocycles. The Morgan fingerprint density at radius 3 is 2.75 bits per heavy atom. The van der Waals surface area contributed by atoms with Gasteiger partial charge in [-0.25, -0.2) is 4.98 Å². The molecule has 0 unspecified atom stereocenters. The maximum Gasteiger partial charge on any atom is 0.262 e. The fraction of sp³-hybridized carbons (Fsp3) is 0.364. The van der Waals surface area contributed by atoms with Gasteiger partial charge in [0.25, 0.3) is 5.91 Å². The Hall–Kier alpha value is -2.98. The smallest absolute Gasteiger partial charge is 0.262 e. The summed E-state index contributed by atoms with van der Waals surface area (Å²) in [6, 6.07) is 6.10. The number of nitrogens with one attached hydrogen (secondary N) is 2. The van der Waals surface area contributed by atoms with E-state index in [1.54, 1.807) is 6.20 Å². The van der Waals surface area contributed by atoms with Gasteiger partial charge in [-0.3, -0.25) is 9.48 Å². The lowest BCUT2D eigenvalue weighted by Gasteiger charge is -2.28. The highest BCUT2D eigenvalue weighted by Crippen LogP contribution is 2.28. The van der Waals surface area contributed by atoms with E-state index < -0.39 is 0 Å². The van der Waals surface area contributed by atoms with Gasteiger partial charge in [-0.1, -0.05) is 12.1 Å². The van der Waals surface area contributed by atoms with Crippen molar-refractivity contribution < 1.29 is 9.53 Å². The van der Waals surface area contributed by atoms with Gasteiger partial charge in [-0.2, -0.15) is 10.1 Å². The van der Waals surface area contributed by atoms with Gasteiger partial charge in [-0.15, -0.1) is 0 Å². The molecule has 3 aromatic rings. The molecule has 4 rings (SSSR count). The summed E-state index contributed by atoms with van der Waals surface area (Å²) in [5.74, 6) is 0.171. The first-order valence-corrected chi connectivity index (χ1v) is 11.2. The number of hydrogen-bond donors (Lipinski definition) is 2. The number of para-hydroxylation sites is 1. The van der Waals surface area contributed by atoms with E-state index in [9.17, 15) is 4.79 Å². The molecule has 168 valence electrons. The number of piperidine rings is 1. The first-order valence-electron chi connectivity index (χ1n) is 10.4. The normalized spacial score (nSPS) is 14.9. The lowest BCUT2D eigenvalue weighted by molar-refractivity contribution is 0.102. The molecule has 9 nitrogen and oxygen atoms in total. The number of carbonyl (C=O) groups excluding carboxylic acids is 1. The van der Waals surface area contributed by atoms with E-state index in [1.165, 1.54) is 13.3 Å². The number of benzene rings is 1. The van der Waals surface area contributed by atoms with Crippen LogP contribution in [-0.2, 0) is 0 Å². The van der Waals surface area contributed by atoms with E-state index in [4.69, 9.17) is 4.74 Å². The van der Waals surface area contributed by atoms with Crippen molar-refractivity contribution in [3.63, 3.8) is 0 Å². The van der Waals surface area contributed by atoms with Crippen LogP contribution in [0.1, 0.15) is 34.8 Å². The van der Waals surface area contributed by atoms with Crippen LogP contribution in [0.3, 0.4) is 0 Å². The summed E-state index contributed by atoms with van der Waals surface area (Å²) in [5, 5.41) is 10.5. The molecule has 1 fully saturated rings. The maximum atomic E-state index is 12.8. The third-order valence-corrected chi connectivity index (χ3v) is 6.23. The number of methoxy groups -OCH3 is 1. The van der Waals surface area contributed by atoms with E-state index in [0.717, 1.165) is 41.7 Å². The summed E-state index contributed by atoms with van der Waals surface area (Å²) in [5.41, 5.74) is 2.66. The summed E-state index contributed by atoms with van der Waals surface area (Å²) >= 11 is 3.47. The zero-order valence-corrected chi connectivity index (χ0v) is 19.9. The zero-order valence-electron chi connectivity index (χ0n) is 18.3. The Morgan fingerprint density at radius 1 is 1.25 bits per heavy atom. The number of carbonyl (C=O) groups is 1. The summed E-state index contributed by atoms with van der Waals surface area (Å²) in [6.07, 6.45) is 7.31. The molecule has 1 saturated heterocycles. The molecule has 0 radical (unpaired) electrons. The van der Waals surface area contributed by atoms with Crippen molar-refractivity contribution in [2.45, 2.75) is 25.8 Å². The van der Waals surface area contributed by atoms with Gasteiger partial charge in [0.2, 0.25) is 11.8 Å². The van der Waals surface area contributed by atoms with Crippen molar-refractivity contribution in [1.29, 1.82) is 0 Å². The third-order valence-electron chi connectivity index (χ3n) is 5.57. The molecule has 0 bridgehead atoms. The molecule has 10 heteroatoms. The highest BCUT2D eigenvalue weighted by molar-refractivity contribution is 9.10. The SMILES string of the molecule is COc1nc(Nc2cnn(C3CCN(C)CC3)c2)ncc1C(=O)Nc1c(C)cccc1Br. The van der Waals surface area contributed by atoms with Crippen LogP contribution in [0.2, 0.25) is 0 Å². The van der Waals surface area contributed by atoms with E-state index in [2.05, 4.69) is 53.6 Å². The van der Waals surface area contributed by atoms with E-state index in [-0.39, 0.29) is 17.4 Å². The maximum absolute atomic E-state index is 12.8. The minimum Gasteiger partial charge on any atom is -0.480 e. The number of anilines is 3. The molecule has 0 atom stereocenters. The third kappa shape index (κ3) is 4.91. The second kappa shape index (κ2) is 9.66. The van der Waals surface area contributed by atoms with Crippen molar-refractivity contribution >= 4 is 39.2 Å². The van der Waals surface area contributed by atoms with Crippen LogP contribution in [0.5, 0.6) is 5.88 Å². The molecule has 32 heavy (non-hydrogen) atoms. The van der Waals surface area contributed by atoms with Crippen LogP contribution in [0.25, 0.3) is 0 Å². The van der Waals surface area contributed by atoms with Gasteiger partial charge in [0.15, 0.2) is 0 Å². The molecule has 1 amide bonds. The monoisotopic (exact) mass is 499 g/mol. The fourth-order valence-electron chi connectivity index (χ4n) is 3.70. The number of aryl methyl sites for hydroxylation is 1.